The van der Waals surface area contributed by atoms with E-state index in [1.807, 2.05) is 31.2 Å². The number of fused-ring (bicyclic) bond motifs is 7. The monoisotopic (exact) mass is 626 g/mol. The van der Waals surface area contributed by atoms with Crippen LogP contribution in [-0.2, 0) is 23.0 Å². The number of rotatable bonds is 5. The van der Waals surface area contributed by atoms with Crippen molar-refractivity contribution in [3.8, 4) is 22.6 Å². The highest BCUT2D eigenvalue weighted by Crippen LogP contribution is 2.48. The van der Waals surface area contributed by atoms with E-state index < -0.39 is 10.0 Å². The Balaban J connectivity index is 1.38. The summed E-state index contributed by atoms with van der Waals surface area (Å²) in [7, 11) is -0.628. The van der Waals surface area contributed by atoms with Crippen LogP contribution in [0.25, 0.3) is 50.1 Å². The summed E-state index contributed by atoms with van der Waals surface area (Å²) in [6, 6.07) is 14.5. The summed E-state index contributed by atoms with van der Waals surface area (Å²) >= 11 is 0. The lowest BCUT2D eigenvalue weighted by molar-refractivity contribution is 0.0963. The first-order chi connectivity index (χ1) is 21.5. The molecular formula is C33H31FN6O4S. The van der Waals surface area contributed by atoms with Crippen LogP contribution in [0.3, 0.4) is 0 Å². The van der Waals surface area contributed by atoms with Crippen LogP contribution in [0.5, 0.6) is 0 Å². The summed E-state index contributed by atoms with van der Waals surface area (Å²) in [5, 5.41) is 5.93. The number of carbonyl (C=O) groups is 1. The summed E-state index contributed by atoms with van der Waals surface area (Å²) in [5.41, 5.74) is 10.7. The molecule has 0 saturated carbocycles. The highest BCUT2D eigenvalue weighted by molar-refractivity contribution is 7.92. The first-order valence-corrected chi connectivity index (χ1v) is 16.6. The fourth-order valence-corrected chi connectivity index (χ4v) is 7.48. The molecule has 3 unspecified atom stereocenters. The molecule has 5 aromatic rings. The van der Waals surface area contributed by atoms with Gasteiger partial charge in [-0.05, 0) is 56.2 Å². The number of nitrogens with zero attached hydrogens (tertiary/aromatic N) is 4. The molecule has 0 spiro atoms. The van der Waals surface area contributed by atoms with Crippen LogP contribution in [0.15, 0.2) is 58.6 Å². The number of allylic oxidation sites excluding steroid dienone is 1. The van der Waals surface area contributed by atoms with Crippen molar-refractivity contribution in [1.82, 2.24) is 25.3 Å². The number of carbonyl (C=O) groups excluding carboxylic acids is 1. The van der Waals surface area contributed by atoms with Crippen molar-refractivity contribution in [3.63, 3.8) is 0 Å². The third-order valence-electron chi connectivity index (χ3n) is 9.44. The van der Waals surface area contributed by atoms with Gasteiger partial charge >= 0.3 is 0 Å². The lowest BCUT2D eigenvalue weighted by Gasteiger charge is -2.23. The number of aryl methyl sites for hydroxylation is 2. The zero-order chi connectivity index (χ0) is 31.5. The van der Waals surface area contributed by atoms with Gasteiger partial charge in [-0.1, -0.05) is 12.1 Å². The molecule has 3 aromatic heterocycles. The minimum atomic E-state index is -3.69. The van der Waals surface area contributed by atoms with Gasteiger partial charge in [-0.15, -0.1) is 0 Å². The number of amides is 1. The normalized spacial score (nSPS) is 20.2. The molecule has 0 radical (unpaired) electrons. The second-order valence-electron chi connectivity index (χ2n) is 12.0. The number of anilines is 1. The zero-order valence-electron chi connectivity index (χ0n) is 25.4. The quantitative estimate of drug-likeness (QED) is 0.267. The number of nitrogens with one attached hydrogen (secondary N) is 2. The molecule has 8 rings (SSSR count). The molecule has 3 atom stereocenters. The molecule has 2 aromatic carbocycles. The number of sulfonamides is 1. The van der Waals surface area contributed by atoms with Gasteiger partial charge in [0.25, 0.3) is 5.91 Å². The lowest BCUT2D eigenvalue weighted by Crippen LogP contribution is -2.25. The second kappa shape index (κ2) is 9.41. The second-order valence-corrected chi connectivity index (χ2v) is 14.0. The molecule has 2 N–H and O–H groups in total. The number of halogens is 1. The van der Waals surface area contributed by atoms with Gasteiger partial charge in [0.1, 0.15) is 17.2 Å². The Morgan fingerprint density at radius 2 is 1.98 bits per heavy atom. The van der Waals surface area contributed by atoms with Gasteiger partial charge in [0.2, 0.25) is 10.0 Å². The van der Waals surface area contributed by atoms with Crippen molar-refractivity contribution in [2.24, 2.45) is 0 Å². The van der Waals surface area contributed by atoms with E-state index in [0.29, 0.717) is 56.9 Å². The van der Waals surface area contributed by atoms with Crippen LogP contribution in [0.1, 0.15) is 35.5 Å². The number of pyridine rings is 1. The average Bonchev–Trinajstić information content (AvgIpc) is 3.36. The van der Waals surface area contributed by atoms with Crippen molar-refractivity contribution in [2.45, 2.75) is 38.9 Å². The summed E-state index contributed by atoms with van der Waals surface area (Å²) in [6.45, 7) is 4.74. The van der Waals surface area contributed by atoms with Crippen LogP contribution in [0.4, 0.5) is 10.1 Å². The van der Waals surface area contributed by atoms with Gasteiger partial charge in [0, 0.05) is 60.4 Å². The van der Waals surface area contributed by atoms with Crippen LogP contribution in [0, 0.1) is 5.82 Å². The zero-order valence-corrected chi connectivity index (χ0v) is 26.2. The predicted molar refractivity (Wildman–Crippen MR) is 171 cm³/mol. The Kier molecular flexibility index (Phi) is 5.82. The van der Waals surface area contributed by atoms with Crippen LogP contribution < -0.4 is 15.0 Å². The van der Waals surface area contributed by atoms with E-state index in [1.54, 1.807) is 25.2 Å². The molecule has 1 saturated heterocycles. The van der Waals surface area contributed by atoms with Gasteiger partial charge in [0.15, 0.2) is 0 Å². The Hall–Kier alpha value is -4.68. The van der Waals surface area contributed by atoms with Crippen LogP contribution in [-0.4, -0.2) is 61.3 Å². The average molecular weight is 627 g/mol. The number of furan rings is 1. The fourth-order valence-electron chi connectivity index (χ4n) is 6.98. The number of aromatic nitrogens is 2. The van der Waals surface area contributed by atoms with E-state index in [4.69, 9.17) is 9.40 Å². The maximum absolute atomic E-state index is 14.8. The van der Waals surface area contributed by atoms with Gasteiger partial charge < -0.3 is 19.7 Å². The summed E-state index contributed by atoms with van der Waals surface area (Å²) in [5.74, 6) is -0.143. The molecule has 12 heteroatoms. The van der Waals surface area contributed by atoms with E-state index in [0.717, 1.165) is 40.7 Å². The maximum Gasteiger partial charge on any atom is 0.255 e. The van der Waals surface area contributed by atoms with Crippen molar-refractivity contribution >= 4 is 49.1 Å². The van der Waals surface area contributed by atoms with Crippen molar-refractivity contribution in [2.75, 3.05) is 24.7 Å². The van der Waals surface area contributed by atoms with Crippen molar-refractivity contribution in [3.05, 3.63) is 76.9 Å². The van der Waals surface area contributed by atoms with Gasteiger partial charge in [0.05, 0.1) is 46.1 Å². The van der Waals surface area contributed by atoms with Gasteiger partial charge in [-0.3, -0.25) is 9.10 Å². The Morgan fingerprint density at radius 1 is 1.18 bits per heavy atom. The van der Waals surface area contributed by atoms with Gasteiger partial charge in [-0.2, -0.15) is 0 Å². The molecule has 3 aliphatic rings. The number of hydrazine groups is 1. The molecular weight excluding hydrogens is 595 g/mol. The molecule has 10 nitrogen and oxygen atoms in total. The largest absolute Gasteiger partial charge is 0.455 e. The molecule has 0 bridgehead atoms. The highest BCUT2D eigenvalue weighted by Gasteiger charge is 2.54. The molecule has 3 aliphatic heterocycles. The molecule has 45 heavy (non-hydrogen) atoms. The smallest absolute Gasteiger partial charge is 0.255 e. The van der Waals surface area contributed by atoms with E-state index in [9.17, 15) is 17.6 Å². The maximum atomic E-state index is 14.8. The molecule has 0 aliphatic carbocycles. The van der Waals surface area contributed by atoms with E-state index in [-0.39, 0.29) is 23.8 Å². The molecule has 1 fully saturated rings. The third-order valence-corrected chi connectivity index (χ3v) is 10.6. The van der Waals surface area contributed by atoms with Gasteiger partial charge in [-0.25, -0.2) is 22.8 Å². The SMILES string of the molecule is CNC(=O)c1c(C2=C(C)NN3C(C)C23)oc2cc(N(C)S(C)(=O)=O)c(-c3ccc4c(n3)-c3cc5c(F)cccc5n3CC4)cc12. The topological polar surface area (TPSA) is 112 Å². The van der Waals surface area contributed by atoms with E-state index in [1.165, 1.54) is 17.4 Å². The van der Waals surface area contributed by atoms with E-state index >= 15 is 0 Å². The third kappa shape index (κ3) is 3.98. The fraction of sp³-hybridized carbons (Fsp3) is 0.273. The number of hydrogen-bond donors (Lipinski definition) is 2. The molecule has 230 valence electrons. The molecule has 6 heterocycles. The first kappa shape index (κ1) is 27.8. The minimum Gasteiger partial charge on any atom is -0.455 e. The minimum absolute atomic E-state index is 0.0745. The first-order valence-electron chi connectivity index (χ1n) is 14.8. The van der Waals surface area contributed by atoms with Crippen molar-refractivity contribution in [1.29, 1.82) is 0 Å². The summed E-state index contributed by atoms with van der Waals surface area (Å²) in [4.78, 5) is 18.5. The van der Waals surface area contributed by atoms with E-state index in [2.05, 4.69) is 27.2 Å². The number of hydrogen-bond acceptors (Lipinski definition) is 7. The number of benzene rings is 2. The Labute approximate surface area is 259 Å². The van der Waals surface area contributed by atoms with Crippen LogP contribution in [0.2, 0.25) is 0 Å². The summed E-state index contributed by atoms with van der Waals surface area (Å²) in [6.07, 6.45) is 1.86. The van der Waals surface area contributed by atoms with Crippen molar-refractivity contribution < 1.29 is 22.0 Å². The molecule has 1 amide bonds. The lowest BCUT2D eigenvalue weighted by atomic mass is 9.97. The van der Waals surface area contributed by atoms with Crippen LogP contribution >= 0.6 is 0 Å². The Bertz CT molecular complexity index is 2270. The Morgan fingerprint density at radius 3 is 2.71 bits per heavy atom. The summed E-state index contributed by atoms with van der Waals surface area (Å²) < 4.78 is 50.3. The highest BCUT2D eigenvalue weighted by atomic mass is 32.2. The standard InChI is InChI=1S/C33H31FN6O4S/c1-16-28(31-17(2)40(31)37-16)32-29(33(41)35-3)21-13-20(25(15-27(21)44-32)38(4)45(5,42)43)23-10-9-18-11-12-39-24-8-6-7-22(34)19(24)14-26(39)30(18)36-23/h6-10,13-15,17,31,37H,11-12H2,1-5H3,(H,35,41). The predicted octanol–water partition coefficient (Wildman–Crippen LogP) is 4.89.